The minimum Gasteiger partial charge on any atom is -0.287 e. The number of thiazole rings is 1. The van der Waals surface area contributed by atoms with Gasteiger partial charge in [0.05, 0.1) is 17.6 Å². The fourth-order valence-electron chi connectivity index (χ4n) is 2.98. The molecule has 2 heterocycles. The molecular weight excluding hydrogens is 368 g/mol. The van der Waals surface area contributed by atoms with E-state index in [9.17, 15) is 4.79 Å². The second kappa shape index (κ2) is 7.70. The molecule has 0 N–H and O–H groups in total. The van der Waals surface area contributed by atoms with Crippen molar-refractivity contribution < 1.29 is 4.79 Å². The van der Waals surface area contributed by atoms with Gasteiger partial charge in [0.1, 0.15) is 5.71 Å². The zero-order valence-corrected chi connectivity index (χ0v) is 16.4. The summed E-state index contributed by atoms with van der Waals surface area (Å²) in [6.07, 6.45) is 1.66. The van der Waals surface area contributed by atoms with Crippen LogP contribution in [0.3, 0.4) is 0 Å². The molecule has 0 radical (unpaired) electrons. The summed E-state index contributed by atoms with van der Waals surface area (Å²) < 4.78 is 2.04. The van der Waals surface area contributed by atoms with Crippen molar-refractivity contribution in [1.29, 1.82) is 0 Å². The number of imidazole rings is 1. The Labute approximate surface area is 166 Å². The van der Waals surface area contributed by atoms with Crippen LogP contribution >= 0.6 is 11.3 Å². The third-order valence-electron chi connectivity index (χ3n) is 4.39. The monoisotopic (exact) mass is 386 g/mol. The van der Waals surface area contributed by atoms with Gasteiger partial charge in [0.25, 0.3) is 0 Å². The van der Waals surface area contributed by atoms with Gasteiger partial charge in [-0.15, -0.1) is 16.4 Å². The van der Waals surface area contributed by atoms with Gasteiger partial charge in [0.2, 0.25) is 5.78 Å². The number of carbonyl (C=O) groups is 1. The Morgan fingerprint density at radius 2 is 1.64 bits per heavy atom. The minimum atomic E-state index is -0.161. The van der Waals surface area contributed by atoms with Crippen molar-refractivity contribution in [3.05, 3.63) is 94.3 Å². The van der Waals surface area contributed by atoms with Crippen molar-refractivity contribution >= 4 is 34.0 Å². The van der Waals surface area contributed by atoms with Crippen molar-refractivity contribution in [3.63, 3.8) is 0 Å². The smallest absolute Gasteiger partial charge is 0.213 e. The quantitative estimate of drug-likeness (QED) is 0.283. The number of benzene rings is 2. The van der Waals surface area contributed by atoms with E-state index in [1.54, 1.807) is 29.7 Å². The summed E-state index contributed by atoms with van der Waals surface area (Å²) >= 11 is 1.59. The third kappa shape index (κ3) is 3.42. The molecular formula is C22H18N4OS. The molecule has 0 saturated heterocycles. The Morgan fingerprint density at radius 1 is 1.00 bits per heavy atom. The van der Waals surface area contributed by atoms with E-state index in [0.29, 0.717) is 11.3 Å². The van der Waals surface area contributed by atoms with Crippen molar-refractivity contribution in [2.45, 2.75) is 13.8 Å². The van der Waals surface area contributed by atoms with Crippen LogP contribution in [0.2, 0.25) is 0 Å². The van der Waals surface area contributed by atoms with E-state index in [2.05, 4.69) is 20.6 Å². The van der Waals surface area contributed by atoms with Crippen LogP contribution in [0.15, 0.2) is 76.2 Å². The second-order valence-corrected chi connectivity index (χ2v) is 7.17. The number of rotatable bonds is 5. The molecule has 0 aliphatic carbocycles. The van der Waals surface area contributed by atoms with E-state index in [0.717, 1.165) is 27.6 Å². The first-order chi connectivity index (χ1) is 13.6. The standard InChI is InChI=1S/C22H18N4OS/c1-15-14-28-22-24-16(2)19(26(15)22)13-23-25-20(17-9-5-3-6-10-17)21(27)18-11-7-4-8-12-18/h3-14H,1-2H3/b23-13-,25-20-. The lowest BCUT2D eigenvalue weighted by Gasteiger charge is -2.04. The Bertz CT molecular complexity index is 1190. The maximum absolute atomic E-state index is 13.0. The van der Waals surface area contributed by atoms with Crippen molar-refractivity contribution in [3.8, 4) is 0 Å². The highest BCUT2D eigenvalue weighted by atomic mass is 32.1. The highest BCUT2D eigenvalue weighted by Gasteiger charge is 2.16. The zero-order valence-electron chi connectivity index (χ0n) is 15.5. The lowest BCUT2D eigenvalue weighted by atomic mass is 10.0. The van der Waals surface area contributed by atoms with Crippen molar-refractivity contribution in [2.75, 3.05) is 0 Å². The molecule has 0 atom stereocenters. The number of aromatic nitrogens is 2. The fourth-order valence-corrected chi connectivity index (χ4v) is 3.89. The summed E-state index contributed by atoms with van der Waals surface area (Å²) in [5.74, 6) is -0.161. The van der Waals surface area contributed by atoms with E-state index >= 15 is 0 Å². The molecule has 0 unspecified atom stereocenters. The summed E-state index contributed by atoms with van der Waals surface area (Å²) in [6, 6.07) is 18.5. The molecule has 2 aromatic carbocycles. The maximum atomic E-state index is 13.0. The second-order valence-electron chi connectivity index (χ2n) is 6.33. The van der Waals surface area contributed by atoms with Gasteiger partial charge >= 0.3 is 0 Å². The molecule has 4 aromatic rings. The first-order valence-corrected chi connectivity index (χ1v) is 9.72. The molecule has 0 aliphatic heterocycles. The van der Waals surface area contributed by atoms with Gasteiger partial charge in [-0.05, 0) is 13.8 Å². The van der Waals surface area contributed by atoms with E-state index in [-0.39, 0.29) is 5.78 Å². The molecule has 6 heteroatoms. The Morgan fingerprint density at radius 3 is 2.32 bits per heavy atom. The van der Waals surface area contributed by atoms with Crippen LogP contribution in [-0.4, -0.2) is 27.1 Å². The van der Waals surface area contributed by atoms with Crippen molar-refractivity contribution in [2.24, 2.45) is 10.2 Å². The van der Waals surface area contributed by atoms with Crippen LogP contribution < -0.4 is 0 Å². The Kier molecular flexibility index (Phi) is 4.95. The fraction of sp³-hybridized carbons (Fsp3) is 0.0909. The summed E-state index contributed by atoms with van der Waals surface area (Å²) in [4.78, 5) is 18.5. The molecule has 5 nitrogen and oxygen atoms in total. The molecule has 0 aliphatic rings. The van der Waals surface area contributed by atoms with Crippen molar-refractivity contribution in [1.82, 2.24) is 9.38 Å². The number of Topliss-reactive ketones (excluding diaryl/α,β-unsaturated/α-hetero) is 1. The molecule has 4 rings (SSSR count). The van der Waals surface area contributed by atoms with Crippen LogP contribution in [0.1, 0.15) is 33.0 Å². The number of nitrogens with zero attached hydrogens (tertiary/aromatic N) is 4. The summed E-state index contributed by atoms with van der Waals surface area (Å²) in [5, 5.41) is 10.6. The highest BCUT2D eigenvalue weighted by Crippen LogP contribution is 2.19. The molecule has 0 spiro atoms. The molecule has 0 fully saturated rings. The predicted molar refractivity (Wildman–Crippen MR) is 114 cm³/mol. The number of hydrogen-bond acceptors (Lipinski definition) is 5. The number of ketones is 1. The van der Waals surface area contributed by atoms with Gasteiger partial charge < -0.3 is 0 Å². The first kappa shape index (κ1) is 18.0. The van der Waals surface area contributed by atoms with Crippen LogP contribution in [0, 0.1) is 13.8 Å². The molecule has 0 bridgehead atoms. The lowest BCUT2D eigenvalue weighted by molar-refractivity contribution is 0.106. The van der Waals surface area contributed by atoms with Gasteiger partial charge in [-0.2, -0.15) is 5.10 Å². The topological polar surface area (TPSA) is 59.1 Å². The van der Waals surface area contributed by atoms with Crippen LogP contribution in [0.4, 0.5) is 0 Å². The predicted octanol–water partition coefficient (Wildman–Crippen LogP) is 4.72. The SMILES string of the molecule is Cc1nc2scc(C)n2c1/C=N\N=C(/C(=O)c1ccccc1)c1ccccc1. The summed E-state index contributed by atoms with van der Waals surface area (Å²) in [7, 11) is 0. The average Bonchev–Trinajstić information content (AvgIpc) is 3.24. The number of hydrogen-bond donors (Lipinski definition) is 0. The van der Waals surface area contributed by atoms with Crippen LogP contribution in [-0.2, 0) is 0 Å². The van der Waals surface area contributed by atoms with Crippen LogP contribution in [0.25, 0.3) is 4.96 Å². The van der Waals surface area contributed by atoms with E-state index in [1.807, 2.05) is 66.8 Å². The molecule has 138 valence electrons. The largest absolute Gasteiger partial charge is 0.287 e. The average molecular weight is 386 g/mol. The molecule has 2 aromatic heterocycles. The van der Waals surface area contributed by atoms with E-state index in [1.165, 1.54) is 0 Å². The normalized spacial score (nSPS) is 12.1. The number of carbonyl (C=O) groups excluding carboxylic acids is 1. The lowest BCUT2D eigenvalue weighted by Crippen LogP contribution is -2.15. The van der Waals surface area contributed by atoms with Crippen LogP contribution in [0.5, 0.6) is 0 Å². The zero-order chi connectivity index (χ0) is 19.5. The molecule has 0 saturated carbocycles. The van der Waals surface area contributed by atoms with Gasteiger partial charge in [0, 0.05) is 22.2 Å². The van der Waals surface area contributed by atoms with Gasteiger partial charge in [-0.3, -0.25) is 9.20 Å². The maximum Gasteiger partial charge on any atom is 0.213 e. The third-order valence-corrected chi connectivity index (χ3v) is 5.33. The minimum absolute atomic E-state index is 0.161. The molecule has 0 amide bonds. The Hall–Kier alpha value is -3.38. The highest BCUT2D eigenvalue weighted by molar-refractivity contribution is 7.15. The number of fused-ring (bicyclic) bond motifs is 1. The van der Waals surface area contributed by atoms with E-state index < -0.39 is 0 Å². The number of aryl methyl sites for hydroxylation is 2. The van der Waals surface area contributed by atoms with Gasteiger partial charge in [0.15, 0.2) is 4.96 Å². The molecule has 28 heavy (non-hydrogen) atoms. The summed E-state index contributed by atoms with van der Waals surface area (Å²) in [6.45, 7) is 3.97. The summed E-state index contributed by atoms with van der Waals surface area (Å²) in [5.41, 5.74) is 4.46. The first-order valence-electron chi connectivity index (χ1n) is 8.84. The van der Waals surface area contributed by atoms with E-state index in [4.69, 9.17) is 0 Å². The Balaban J connectivity index is 1.75. The van der Waals surface area contributed by atoms with Gasteiger partial charge in [-0.1, -0.05) is 60.7 Å². The van der Waals surface area contributed by atoms with Gasteiger partial charge in [-0.25, -0.2) is 4.98 Å².